The van der Waals surface area contributed by atoms with Crippen molar-refractivity contribution in [2.45, 2.75) is 413 Å². The molecule has 0 aromatic carbocycles. The Balaban J connectivity index is 4.84. The molecule has 2 heteroatoms. The van der Waals surface area contributed by atoms with Gasteiger partial charge in [0.05, 0.1) is 53.4 Å². The summed E-state index contributed by atoms with van der Waals surface area (Å²) < 4.78 is 2.73. The standard InChI is InChI=1S/C72H150N2/c1-7-11-15-19-23-27-31-35-39-43-47-51-55-61-67-73(5,68-62-56-52-48-44-40-36-32-28-24-20-16-12-8-2)71-65-59-60-66-72-74(6,69-63-57-53-49-45-41-37-33-29-25-21-17-13-9-3)70-64-58-54-50-46-42-38-34-30-26-22-18-14-10-4/h7-72H2,1-6H3/q+2. The van der Waals surface area contributed by atoms with E-state index in [0.717, 1.165) is 0 Å². The topological polar surface area (TPSA) is 0 Å². The molecule has 0 aromatic rings. The van der Waals surface area contributed by atoms with Gasteiger partial charge in [0.2, 0.25) is 0 Å². The molecule has 0 aromatic heterocycles. The van der Waals surface area contributed by atoms with Gasteiger partial charge in [0.15, 0.2) is 0 Å². The minimum atomic E-state index is 1.36. The van der Waals surface area contributed by atoms with E-state index in [1.165, 1.54) is 433 Å². The minimum absolute atomic E-state index is 1.36. The maximum absolute atomic E-state index is 2.67. The van der Waals surface area contributed by atoms with Crippen molar-refractivity contribution in [2.75, 3.05) is 53.4 Å². The molecule has 0 rings (SSSR count). The summed E-state index contributed by atoms with van der Waals surface area (Å²) in [4.78, 5) is 0. The Labute approximate surface area is 473 Å². The third kappa shape index (κ3) is 58.1. The van der Waals surface area contributed by atoms with Crippen molar-refractivity contribution >= 4 is 0 Å². The molecule has 0 fully saturated rings. The van der Waals surface area contributed by atoms with Crippen LogP contribution in [0.3, 0.4) is 0 Å². The summed E-state index contributed by atoms with van der Waals surface area (Å²) in [5.41, 5.74) is 0. The summed E-state index contributed by atoms with van der Waals surface area (Å²) in [6, 6.07) is 0. The molecule has 0 saturated carbocycles. The van der Waals surface area contributed by atoms with Crippen molar-refractivity contribution in [1.29, 1.82) is 0 Å². The predicted octanol–water partition coefficient (Wildman–Crippen LogP) is 25.4. The van der Waals surface area contributed by atoms with Crippen LogP contribution in [0.15, 0.2) is 0 Å². The zero-order chi connectivity index (χ0) is 53.7. The highest BCUT2D eigenvalue weighted by Gasteiger charge is 2.22. The molecule has 0 unspecified atom stereocenters. The fourth-order valence-electron chi connectivity index (χ4n) is 12.8. The van der Waals surface area contributed by atoms with Crippen molar-refractivity contribution in [3.63, 3.8) is 0 Å². The van der Waals surface area contributed by atoms with Crippen LogP contribution in [0, 0.1) is 0 Å². The van der Waals surface area contributed by atoms with Crippen LogP contribution >= 0.6 is 0 Å². The summed E-state index contributed by atoms with van der Waals surface area (Å²) in [6.07, 6.45) is 88.0. The number of unbranched alkanes of at least 4 members (excludes halogenated alkanes) is 55. The summed E-state index contributed by atoms with van der Waals surface area (Å²) in [6.45, 7) is 17.9. The van der Waals surface area contributed by atoms with Gasteiger partial charge in [-0.3, -0.25) is 0 Å². The van der Waals surface area contributed by atoms with Crippen molar-refractivity contribution in [2.24, 2.45) is 0 Å². The van der Waals surface area contributed by atoms with E-state index in [1.807, 2.05) is 0 Å². The molecular formula is C72H150N2+2. The monoisotopic (exact) mass is 1040 g/mol. The zero-order valence-electron chi connectivity index (χ0n) is 53.6. The summed E-state index contributed by atoms with van der Waals surface area (Å²) >= 11 is 0. The second-order valence-corrected chi connectivity index (χ2v) is 26.4. The van der Waals surface area contributed by atoms with Gasteiger partial charge in [0.1, 0.15) is 0 Å². The first-order valence-electron chi connectivity index (χ1n) is 36.1. The molecule has 0 aliphatic rings. The second-order valence-electron chi connectivity index (χ2n) is 26.4. The van der Waals surface area contributed by atoms with Gasteiger partial charge in [-0.15, -0.1) is 0 Å². The molecule has 0 aliphatic heterocycles. The average molecular weight is 1040 g/mol. The lowest BCUT2D eigenvalue weighted by Crippen LogP contribution is -2.46. The molecule has 0 bridgehead atoms. The highest BCUT2D eigenvalue weighted by atomic mass is 15.3. The first-order valence-corrected chi connectivity index (χ1v) is 36.1. The molecule has 0 N–H and O–H groups in total. The molecule has 2 nitrogen and oxygen atoms in total. The largest absolute Gasteiger partial charge is 0.326 e. The van der Waals surface area contributed by atoms with Crippen LogP contribution in [-0.2, 0) is 0 Å². The summed E-state index contributed by atoms with van der Waals surface area (Å²) in [5, 5.41) is 0. The Bertz CT molecular complexity index is 848. The van der Waals surface area contributed by atoms with Crippen molar-refractivity contribution in [3.05, 3.63) is 0 Å². The maximum atomic E-state index is 2.67. The molecule has 0 spiro atoms. The minimum Gasteiger partial charge on any atom is -0.326 e. The normalized spacial score (nSPS) is 12.2. The maximum Gasteiger partial charge on any atom is 0.0784 e. The van der Waals surface area contributed by atoms with Gasteiger partial charge < -0.3 is 8.97 Å². The van der Waals surface area contributed by atoms with Crippen LogP contribution < -0.4 is 0 Å². The van der Waals surface area contributed by atoms with Gasteiger partial charge in [-0.05, 0) is 77.0 Å². The van der Waals surface area contributed by atoms with E-state index in [9.17, 15) is 0 Å². The van der Waals surface area contributed by atoms with Crippen LogP contribution in [0.4, 0.5) is 0 Å². The lowest BCUT2D eigenvalue weighted by atomic mass is 10.0. The summed E-state index contributed by atoms with van der Waals surface area (Å²) in [7, 11) is 5.34. The third-order valence-electron chi connectivity index (χ3n) is 18.4. The molecule has 0 radical (unpaired) electrons. The van der Waals surface area contributed by atoms with E-state index in [4.69, 9.17) is 0 Å². The number of hydrogen-bond acceptors (Lipinski definition) is 0. The number of quaternary nitrogens is 2. The fraction of sp³-hybridized carbons (Fsp3) is 1.00. The van der Waals surface area contributed by atoms with E-state index < -0.39 is 0 Å². The average Bonchev–Trinajstić information content (AvgIpc) is 3.40. The summed E-state index contributed by atoms with van der Waals surface area (Å²) in [5.74, 6) is 0. The lowest BCUT2D eigenvalue weighted by molar-refractivity contribution is -0.911. The highest BCUT2D eigenvalue weighted by molar-refractivity contribution is 4.57. The van der Waals surface area contributed by atoms with Crippen LogP contribution in [-0.4, -0.2) is 62.3 Å². The van der Waals surface area contributed by atoms with Crippen LogP contribution in [0.1, 0.15) is 413 Å². The molecular weight excluding hydrogens is 893 g/mol. The number of nitrogens with zero attached hydrogens (tertiary/aromatic N) is 2. The molecule has 0 aliphatic carbocycles. The van der Waals surface area contributed by atoms with Gasteiger partial charge in [0, 0.05) is 0 Å². The van der Waals surface area contributed by atoms with E-state index in [-0.39, 0.29) is 0 Å². The van der Waals surface area contributed by atoms with Crippen LogP contribution in [0.5, 0.6) is 0 Å². The van der Waals surface area contributed by atoms with Gasteiger partial charge in [-0.1, -0.05) is 336 Å². The van der Waals surface area contributed by atoms with Gasteiger partial charge in [0.25, 0.3) is 0 Å². The molecule has 0 saturated heterocycles. The predicted molar refractivity (Wildman–Crippen MR) is 341 cm³/mol. The van der Waals surface area contributed by atoms with Gasteiger partial charge >= 0.3 is 0 Å². The lowest BCUT2D eigenvalue weighted by Gasteiger charge is -2.36. The van der Waals surface area contributed by atoms with E-state index in [2.05, 4.69) is 41.8 Å². The third-order valence-corrected chi connectivity index (χ3v) is 18.4. The Morgan fingerprint density at radius 1 is 0.122 bits per heavy atom. The Hall–Kier alpha value is -0.0800. The van der Waals surface area contributed by atoms with Gasteiger partial charge in [-0.25, -0.2) is 0 Å². The Kier molecular flexibility index (Phi) is 62.1. The van der Waals surface area contributed by atoms with E-state index in [0.29, 0.717) is 0 Å². The zero-order valence-corrected chi connectivity index (χ0v) is 53.6. The molecule has 0 heterocycles. The molecule has 0 amide bonds. The Morgan fingerprint density at radius 3 is 0.297 bits per heavy atom. The molecule has 446 valence electrons. The quantitative estimate of drug-likeness (QED) is 0.0421. The first kappa shape index (κ1) is 73.9. The fourth-order valence-corrected chi connectivity index (χ4v) is 12.8. The van der Waals surface area contributed by atoms with Crippen LogP contribution in [0.2, 0.25) is 0 Å². The smallest absolute Gasteiger partial charge is 0.0784 e. The van der Waals surface area contributed by atoms with Crippen LogP contribution in [0.25, 0.3) is 0 Å². The van der Waals surface area contributed by atoms with Crippen molar-refractivity contribution < 1.29 is 8.97 Å². The first-order chi connectivity index (χ1) is 36.4. The SMILES string of the molecule is CCCCCCCCCCCCCCCC[N+](C)(CCCCCCCCCCCCCCCC)CCCCCC[N+](C)(CCCCCCCCCCCCCCCC)CCCCCCCCCCCCCCCC. The van der Waals surface area contributed by atoms with Crippen molar-refractivity contribution in [1.82, 2.24) is 0 Å². The molecule has 74 heavy (non-hydrogen) atoms. The molecule has 0 atom stereocenters. The highest BCUT2D eigenvalue weighted by Crippen LogP contribution is 2.21. The van der Waals surface area contributed by atoms with Crippen molar-refractivity contribution in [3.8, 4) is 0 Å². The van der Waals surface area contributed by atoms with E-state index in [1.54, 1.807) is 0 Å². The van der Waals surface area contributed by atoms with Gasteiger partial charge in [-0.2, -0.15) is 0 Å². The Morgan fingerprint density at radius 2 is 0.203 bits per heavy atom. The number of rotatable bonds is 67. The second kappa shape index (κ2) is 62.1. The van der Waals surface area contributed by atoms with E-state index >= 15 is 0 Å². The number of hydrogen-bond donors (Lipinski definition) is 0.